The number of rotatable bonds is 11. The van der Waals surface area contributed by atoms with Crippen LogP contribution >= 0.6 is 0 Å². The van der Waals surface area contributed by atoms with Gasteiger partial charge in [-0.1, -0.05) is 12.2 Å². The third kappa shape index (κ3) is 5.74. The molecule has 0 amide bonds. The highest BCUT2D eigenvalue weighted by molar-refractivity contribution is 6.07. The minimum absolute atomic E-state index is 0.0765. The Bertz CT molecular complexity index is 819. The number of allylic oxidation sites excluding steroid dienone is 2. The third-order valence-corrected chi connectivity index (χ3v) is 4.04. The molecule has 4 heteroatoms. The van der Waals surface area contributed by atoms with E-state index in [2.05, 4.69) is 6.58 Å². The maximum absolute atomic E-state index is 12.6. The van der Waals surface area contributed by atoms with E-state index in [1.54, 1.807) is 30.3 Å². The second kappa shape index (κ2) is 11.0. The molecule has 0 aliphatic carbocycles. The molecule has 2 aromatic carbocycles. The first-order chi connectivity index (χ1) is 13.6. The highest BCUT2D eigenvalue weighted by atomic mass is 16.5. The molecule has 4 nitrogen and oxygen atoms in total. The number of carbonyl (C=O) groups is 1. The molecule has 2 rings (SSSR count). The first-order valence-electron chi connectivity index (χ1n) is 9.61. The Labute approximate surface area is 167 Å². The van der Waals surface area contributed by atoms with Crippen LogP contribution < -0.4 is 14.2 Å². The quantitative estimate of drug-likeness (QED) is 0.293. The summed E-state index contributed by atoms with van der Waals surface area (Å²) >= 11 is 0. The van der Waals surface area contributed by atoms with Crippen LogP contribution in [0.5, 0.6) is 17.2 Å². The van der Waals surface area contributed by atoms with E-state index in [4.69, 9.17) is 14.2 Å². The van der Waals surface area contributed by atoms with Gasteiger partial charge in [-0.3, -0.25) is 4.79 Å². The third-order valence-electron chi connectivity index (χ3n) is 4.04. The van der Waals surface area contributed by atoms with Gasteiger partial charge in [-0.15, -0.1) is 6.58 Å². The van der Waals surface area contributed by atoms with Crippen molar-refractivity contribution in [2.45, 2.75) is 27.2 Å². The van der Waals surface area contributed by atoms with E-state index in [1.165, 1.54) is 0 Å². The van der Waals surface area contributed by atoms with Gasteiger partial charge in [-0.25, -0.2) is 0 Å². The van der Waals surface area contributed by atoms with Gasteiger partial charge in [-0.2, -0.15) is 0 Å². The topological polar surface area (TPSA) is 44.8 Å². The van der Waals surface area contributed by atoms with Crippen LogP contribution in [0.3, 0.4) is 0 Å². The molecule has 0 spiro atoms. The predicted octanol–water partition coefficient (Wildman–Crippen LogP) is 5.51. The van der Waals surface area contributed by atoms with Crippen molar-refractivity contribution >= 4 is 11.9 Å². The van der Waals surface area contributed by atoms with Crippen molar-refractivity contribution < 1.29 is 19.0 Å². The molecule has 0 saturated carbocycles. The fourth-order valence-electron chi connectivity index (χ4n) is 2.83. The Morgan fingerprint density at radius 2 is 1.57 bits per heavy atom. The predicted molar refractivity (Wildman–Crippen MR) is 114 cm³/mol. The van der Waals surface area contributed by atoms with Crippen LogP contribution in [0.1, 0.15) is 42.3 Å². The van der Waals surface area contributed by atoms with Crippen molar-refractivity contribution in [3.05, 3.63) is 71.8 Å². The van der Waals surface area contributed by atoms with Gasteiger partial charge in [0.15, 0.2) is 5.78 Å². The minimum atomic E-state index is -0.0765. The molecule has 0 atom stereocenters. The molecule has 0 heterocycles. The Morgan fingerprint density at radius 1 is 0.929 bits per heavy atom. The highest BCUT2D eigenvalue weighted by Crippen LogP contribution is 2.31. The molecule has 0 radical (unpaired) electrons. The molecule has 0 aromatic heterocycles. The van der Waals surface area contributed by atoms with Gasteiger partial charge in [0.25, 0.3) is 0 Å². The highest BCUT2D eigenvalue weighted by Gasteiger charge is 2.11. The van der Waals surface area contributed by atoms with E-state index in [0.717, 1.165) is 22.6 Å². The number of benzene rings is 2. The first-order valence-corrected chi connectivity index (χ1v) is 9.61. The zero-order valence-corrected chi connectivity index (χ0v) is 16.9. The van der Waals surface area contributed by atoms with Crippen molar-refractivity contribution in [1.82, 2.24) is 0 Å². The molecule has 0 fully saturated rings. The molecule has 2 aromatic rings. The second-order valence-corrected chi connectivity index (χ2v) is 6.00. The van der Waals surface area contributed by atoms with Crippen LogP contribution in [-0.4, -0.2) is 25.6 Å². The number of hydrogen-bond acceptors (Lipinski definition) is 4. The summed E-state index contributed by atoms with van der Waals surface area (Å²) in [4.78, 5) is 12.6. The second-order valence-electron chi connectivity index (χ2n) is 6.00. The maximum atomic E-state index is 12.6. The van der Waals surface area contributed by atoms with Crippen LogP contribution in [0.15, 0.2) is 55.1 Å². The largest absolute Gasteiger partial charge is 0.494 e. The number of carbonyl (C=O) groups excluding carboxylic acids is 1. The number of ether oxygens (including phenoxy) is 3. The standard InChI is InChI=1S/C24H28O4/c1-5-9-22-19(16-21(27-7-3)17-24(22)28-8-4)12-15-23(25)18-10-13-20(14-11-18)26-6-2/h5,10-17H,1,6-9H2,2-4H3/b15-12+. The molecule has 0 N–H and O–H groups in total. The van der Waals surface area contributed by atoms with Gasteiger partial charge in [0.05, 0.1) is 19.8 Å². The summed E-state index contributed by atoms with van der Waals surface area (Å²) < 4.78 is 16.9. The zero-order valence-electron chi connectivity index (χ0n) is 16.9. The minimum Gasteiger partial charge on any atom is -0.494 e. The lowest BCUT2D eigenvalue weighted by Crippen LogP contribution is -2.01. The fourth-order valence-corrected chi connectivity index (χ4v) is 2.83. The van der Waals surface area contributed by atoms with E-state index in [1.807, 2.05) is 45.1 Å². The lowest BCUT2D eigenvalue weighted by molar-refractivity contribution is 0.104. The number of hydrogen-bond donors (Lipinski definition) is 0. The van der Waals surface area contributed by atoms with Crippen LogP contribution in [0.4, 0.5) is 0 Å². The van der Waals surface area contributed by atoms with Crippen LogP contribution in [0, 0.1) is 0 Å². The van der Waals surface area contributed by atoms with Crippen LogP contribution in [0.25, 0.3) is 6.08 Å². The van der Waals surface area contributed by atoms with Crippen LogP contribution in [-0.2, 0) is 6.42 Å². The van der Waals surface area contributed by atoms with Gasteiger partial charge in [0.2, 0.25) is 0 Å². The van der Waals surface area contributed by atoms with E-state index in [0.29, 0.717) is 37.6 Å². The van der Waals surface area contributed by atoms with Crippen LogP contribution in [0.2, 0.25) is 0 Å². The lowest BCUT2D eigenvalue weighted by atomic mass is 10.0. The lowest BCUT2D eigenvalue weighted by Gasteiger charge is -2.15. The smallest absolute Gasteiger partial charge is 0.185 e. The molecule has 0 saturated heterocycles. The average Bonchev–Trinajstić information content (AvgIpc) is 2.69. The molecule has 0 unspecified atom stereocenters. The summed E-state index contributed by atoms with van der Waals surface area (Å²) in [7, 11) is 0. The fraction of sp³-hybridized carbons (Fsp3) is 0.292. The summed E-state index contributed by atoms with van der Waals surface area (Å²) in [6.45, 7) is 11.3. The molecule has 148 valence electrons. The summed E-state index contributed by atoms with van der Waals surface area (Å²) in [5.41, 5.74) is 2.47. The monoisotopic (exact) mass is 380 g/mol. The van der Waals surface area contributed by atoms with Crippen molar-refractivity contribution in [3.8, 4) is 17.2 Å². The summed E-state index contributed by atoms with van der Waals surface area (Å²) in [6, 6.07) is 11.0. The van der Waals surface area contributed by atoms with Crippen molar-refractivity contribution in [1.29, 1.82) is 0 Å². The molecular formula is C24H28O4. The molecule has 0 aliphatic rings. The van der Waals surface area contributed by atoms with Gasteiger partial charge >= 0.3 is 0 Å². The molecular weight excluding hydrogens is 352 g/mol. The number of ketones is 1. The van der Waals surface area contributed by atoms with Gasteiger partial charge in [-0.05, 0) is 69.2 Å². The molecule has 0 aliphatic heterocycles. The summed E-state index contributed by atoms with van der Waals surface area (Å²) in [5.74, 6) is 2.14. The van der Waals surface area contributed by atoms with Crippen molar-refractivity contribution in [2.75, 3.05) is 19.8 Å². The summed E-state index contributed by atoms with van der Waals surface area (Å²) in [6.07, 6.45) is 5.84. The van der Waals surface area contributed by atoms with Gasteiger partial charge in [0, 0.05) is 17.2 Å². The van der Waals surface area contributed by atoms with E-state index < -0.39 is 0 Å². The maximum Gasteiger partial charge on any atom is 0.185 e. The normalized spacial score (nSPS) is 10.7. The SMILES string of the molecule is C=CCc1c(/C=C/C(=O)c2ccc(OCC)cc2)cc(OCC)cc1OCC. The Hall–Kier alpha value is -3.01. The van der Waals surface area contributed by atoms with Gasteiger partial charge in [0.1, 0.15) is 17.2 Å². The Kier molecular flexibility index (Phi) is 8.35. The van der Waals surface area contributed by atoms with Crippen molar-refractivity contribution in [3.63, 3.8) is 0 Å². The first kappa shape index (κ1) is 21.3. The molecule has 0 bridgehead atoms. The van der Waals surface area contributed by atoms with E-state index in [9.17, 15) is 4.79 Å². The summed E-state index contributed by atoms with van der Waals surface area (Å²) in [5, 5.41) is 0. The Balaban J connectivity index is 2.33. The zero-order chi connectivity index (χ0) is 20.4. The Morgan fingerprint density at radius 3 is 2.18 bits per heavy atom. The molecule has 28 heavy (non-hydrogen) atoms. The van der Waals surface area contributed by atoms with E-state index >= 15 is 0 Å². The average molecular weight is 380 g/mol. The van der Waals surface area contributed by atoms with E-state index in [-0.39, 0.29) is 5.78 Å². The van der Waals surface area contributed by atoms with Crippen molar-refractivity contribution in [2.24, 2.45) is 0 Å². The van der Waals surface area contributed by atoms with Gasteiger partial charge < -0.3 is 14.2 Å².